The SMILES string of the molecule is CC(C)c1cccc2cc3c(ccc4c5ccccc5ccc34)cc12. The van der Waals surface area contributed by atoms with Crippen LogP contribution in [0, 0.1) is 0 Å². The molecule has 0 N–H and O–H groups in total. The molecule has 0 radical (unpaired) electrons. The first-order valence-corrected chi connectivity index (χ1v) is 8.99. The van der Waals surface area contributed by atoms with Gasteiger partial charge in [-0.1, -0.05) is 80.6 Å². The summed E-state index contributed by atoms with van der Waals surface area (Å²) in [5.41, 5.74) is 1.43. The number of rotatable bonds is 1. The van der Waals surface area contributed by atoms with Crippen molar-refractivity contribution < 1.29 is 0 Å². The number of hydrogen-bond acceptors (Lipinski definition) is 0. The van der Waals surface area contributed by atoms with Gasteiger partial charge < -0.3 is 0 Å². The van der Waals surface area contributed by atoms with Crippen molar-refractivity contribution >= 4 is 43.1 Å². The van der Waals surface area contributed by atoms with E-state index in [4.69, 9.17) is 0 Å². The third-order valence-electron chi connectivity index (χ3n) is 5.40. The van der Waals surface area contributed by atoms with Crippen LogP contribution in [0.5, 0.6) is 0 Å². The maximum atomic E-state index is 2.37. The lowest BCUT2D eigenvalue weighted by atomic mass is 9.91. The molecule has 0 aromatic heterocycles. The first-order chi connectivity index (χ1) is 12.2. The molecule has 5 rings (SSSR count). The van der Waals surface area contributed by atoms with Crippen molar-refractivity contribution in [3.8, 4) is 0 Å². The molecule has 120 valence electrons. The third kappa shape index (κ3) is 2.14. The lowest BCUT2D eigenvalue weighted by Crippen LogP contribution is -1.90. The van der Waals surface area contributed by atoms with Gasteiger partial charge in [0.05, 0.1) is 0 Å². The fraction of sp³-hybridized carbons (Fsp3) is 0.120. The van der Waals surface area contributed by atoms with Gasteiger partial charge in [0.2, 0.25) is 0 Å². The van der Waals surface area contributed by atoms with Crippen molar-refractivity contribution in [2.45, 2.75) is 19.8 Å². The van der Waals surface area contributed by atoms with E-state index in [1.54, 1.807) is 0 Å². The van der Waals surface area contributed by atoms with Gasteiger partial charge in [-0.3, -0.25) is 0 Å². The normalized spacial score (nSPS) is 12.0. The summed E-state index contributed by atoms with van der Waals surface area (Å²) in [6, 6.07) is 29.1. The molecular formula is C25H20. The van der Waals surface area contributed by atoms with Gasteiger partial charge in [-0.25, -0.2) is 0 Å². The Kier molecular flexibility index (Phi) is 3.08. The van der Waals surface area contributed by atoms with E-state index in [0.717, 1.165) is 0 Å². The second-order valence-electron chi connectivity index (χ2n) is 7.24. The second-order valence-corrected chi connectivity index (χ2v) is 7.24. The third-order valence-corrected chi connectivity index (χ3v) is 5.40. The zero-order chi connectivity index (χ0) is 17.0. The Morgan fingerprint density at radius 3 is 1.96 bits per heavy atom. The molecule has 0 heteroatoms. The van der Waals surface area contributed by atoms with Crippen LogP contribution in [0.4, 0.5) is 0 Å². The smallest absolute Gasteiger partial charge is 0.00987 e. The van der Waals surface area contributed by atoms with Crippen LogP contribution in [0.2, 0.25) is 0 Å². The van der Waals surface area contributed by atoms with Crippen LogP contribution in [-0.4, -0.2) is 0 Å². The highest BCUT2D eigenvalue weighted by Gasteiger charge is 2.09. The van der Waals surface area contributed by atoms with Crippen LogP contribution in [0.3, 0.4) is 0 Å². The Balaban J connectivity index is 1.94. The molecule has 0 spiro atoms. The molecule has 0 heterocycles. The van der Waals surface area contributed by atoms with Crippen LogP contribution in [0.1, 0.15) is 25.3 Å². The molecule has 0 nitrogen and oxygen atoms in total. The predicted molar refractivity (Wildman–Crippen MR) is 111 cm³/mol. The minimum absolute atomic E-state index is 0.533. The van der Waals surface area contributed by atoms with E-state index >= 15 is 0 Å². The van der Waals surface area contributed by atoms with Gasteiger partial charge in [0.25, 0.3) is 0 Å². The van der Waals surface area contributed by atoms with Crippen molar-refractivity contribution in [3.63, 3.8) is 0 Å². The highest BCUT2D eigenvalue weighted by molar-refractivity contribution is 6.19. The van der Waals surface area contributed by atoms with Gasteiger partial charge in [-0.15, -0.1) is 0 Å². The van der Waals surface area contributed by atoms with Crippen molar-refractivity contribution in [1.82, 2.24) is 0 Å². The molecule has 25 heavy (non-hydrogen) atoms. The van der Waals surface area contributed by atoms with Gasteiger partial charge in [0, 0.05) is 0 Å². The highest BCUT2D eigenvalue weighted by Crippen LogP contribution is 2.35. The maximum absolute atomic E-state index is 2.37. The minimum atomic E-state index is 0.533. The lowest BCUT2D eigenvalue weighted by Gasteiger charge is -2.13. The molecule has 0 aliphatic rings. The monoisotopic (exact) mass is 320 g/mol. The quantitative estimate of drug-likeness (QED) is 0.222. The Bertz CT molecular complexity index is 1260. The molecule has 0 bridgehead atoms. The van der Waals surface area contributed by atoms with E-state index in [-0.39, 0.29) is 0 Å². The molecule has 0 amide bonds. The van der Waals surface area contributed by atoms with Gasteiger partial charge in [-0.05, 0) is 66.7 Å². The topological polar surface area (TPSA) is 0 Å². The Morgan fingerprint density at radius 2 is 1.12 bits per heavy atom. The summed E-state index contributed by atoms with van der Waals surface area (Å²) in [4.78, 5) is 0. The van der Waals surface area contributed by atoms with Crippen LogP contribution < -0.4 is 0 Å². The molecule has 5 aromatic rings. The summed E-state index contributed by atoms with van der Waals surface area (Å²) in [5.74, 6) is 0.533. The van der Waals surface area contributed by atoms with Gasteiger partial charge in [-0.2, -0.15) is 0 Å². The minimum Gasteiger partial charge on any atom is -0.0616 e. The summed E-state index contributed by atoms with van der Waals surface area (Å²) in [6.07, 6.45) is 0. The summed E-state index contributed by atoms with van der Waals surface area (Å²) < 4.78 is 0. The van der Waals surface area contributed by atoms with Crippen LogP contribution in [-0.2, 0) is 0 Å². The average Bonchev–Trinajstić information content (AvgIpc) is 2.65. The van der Waals surface area contributed by atoms with Gasteiger partial charge in [0.1, 0.15) is 0 Å². The largest absolute Gasteiger partial charge is 0.0616 e. The predicted octanol–water partition coefficient (Wildman–Crippen LogP) is 7.42. The number of benzene rings is 5. The summed E-state index contributed by atoms with van der Waals surface area (Å²) >= 11 is 0. The van der Waals surface area contributed by atoms with Crippen molar-refractivity contribution in [1.29, 1.82) is 0 Å². The highest BCUT2D eigenvalue weighted by atomic mass is 14.1. The molecule has 0 atom stereocenters. The molecule has 0 saturated heterocycles. The van der Waals surface area contributed by atoms with Crippen molar-refractivity contribution in [2.75, 3.05) is 0 Å². The summed E-state index contributed by atoms with van der Waals surface area (Å²) in [7, 11) is 0. The molecule has 5 aromatic carbocycles. The Labute approximate surface area is 147 Å². The number of fused-ring (bicyclic) bond motifs is 6. The maximum Gasteiger partial charge on any atom is -0.00987 e. The van der Waals surface area contributed by atoms with E-state index in [0.29, 0.717) is 5.92 Å². The first-order valence-electron chi connectivity index (χ1n) is 8.99. The average molecular weight is 320 g/mol. The van der Waals surface area contributed by atoms with Crippen molar-refractivity contribution in [2.24, 2.45) is 0 Å². The fourth-order valence-corrected chi connectivity index (χ4v) is 4.12. The molecule has 0 aliphatic heterocycles. The van der Waals surface area contributed by atoms with E-state index in [1.165, 1.54) is 48.7 Å². The molecule has 0 aliphatic carbocycles. The zero-order valence-corrected chi connectivity index (χ0v) is 14.6. The first kappa shape index (κ1) is 14.5. The zero-order valence-electron chi connectivity index (χ0n) is 14.6. The standard InChI is InChI=1S/C25H20/c1-16(2)20-9-5-7-18-14-25-19(15-24(18)20)11-13-22-21-8-4-3-6-17(21)10-12-23(22)25/h3-16H,1-2H3. The van der Waals surface area contributed by atoms with Crippen LogP contribution >= 0.6 is 0 Å². The lowest BCUT2D eigenvalue weighted by molar-refractivity contribution is 0.876. The van der Waals surface area contributed by atoms with Gasteiger partial charge >= 0.3 is 0 Å². The summed E-state index contributed by atoms with van der Waals surface area (Å²) in [5, 5.41) is 10.7. The Morgan fingerprint density at radius 1 is 0.480 bits per heavy atom. The fourth-order valence-electron chi connectivity index (χ4n) is 4.12. The number of hydrogen-bond donors (Lipinski definition) is 0. The summed E-state index contributed by atoms with van der Waals surface area (Å²) in [6.45, 7) is 4.54. The van der Waals surface area contributed by atoms with E-state index < -0.39 is 0 Å². The second kappa shape index (κ2) is 5.32. The molecule has 0 unspecified atom stereocenters. The van der Waals surface area contributed by atoms with Gasteiger partial charge in [0.15, 0.2) is 0 Å². The molecule has 0 saturated carbocycles. The molecular weight excluding hydrogens is 300 g/mol. The molecule has 0 fully saturated rings. The van der Waals surface area contributed by atoms with Crippen LogP contribution in [0.25, 0.3) is 43.1 Å². The van der Waals surface area contributed by atoms with E-state index in [1.807, 2.05) is 0 Å². The van der Waals surface area contributed by atoms with E-state index in [9.17, 15) is 0 Å². The van der Waals surface area contributed by atoms with Crippen LogP contribution in [0.15, 0.2) is 78.9 Å². The van der Waals surface area contributed by atoms with E-state index in [2.05, 4.69) is 92.7 Å². The van der Waals surface area contributed by atoms with Crippen molar-refractivity contribution in [3.05, 3.63) is 84.4 Å². The Hall–Kier alpha value is -2.86.